The van der Waals surface area contributed by atoms with E-state index in [1.54, 1.807) is 6.92 Å². The molecule has 1 fully saturated rings. The van der Waals surface area contributed by atoms with E-state index in [4.69, 9.17) is 5.11 Å². The second-order valence-corrected chi connectivity index (χ2v) is 5.01. The van der Waals surface area contributed by atoms with E-state index in [0.29, 0.717) is 11.6 Å². The van der Waals surface area contributed by atoms with Gasteiger partial charge >= 0.3 is 5.97 Å². The monoisotopic (exact) mass is 260 g/mol. The lowest BCUT2D eigenvalue weighted by molar-refractivity contribution is -0.142. The molecular weight excluding hydrogens is 244 g/mol. The molecule has 1 heterocycles. The minimum atomic E-state index is -0.953. The van der Waals surface area contributed by atoms with Gasteiger partial charge in [0, 0.05) is 6.04 Å². The van der Waals surface area contributed by atoms with Gasteiger partial charge in [-0.1, -0.05) is 0 Å². The van der Waals surface area contributed by atoms with Crippen molar-refractivity contribution in [2.75, 3.05) is 18.2 Å². The Hall–Kier alpha value is -1.24. The van der Waals surface area contributed by atoms with E-state index >= 15 is 0 Å². The molecule has 0 aromatic carbocycles. The van der Waals surface area contributed by atoms with E-state index in [1.165, 1.54) is 23.6 Å². The summed E-state index contributed by atoms with van der Waals surface area (Å²) < 4.78 is 0. The summed E-state index contributed by atoms with van der Waals surface area (Å²) in [5, 5.41) is 11.4. The van der Waals surface area contributed by atoms with Gasteiger partial charge in [-0.05, 0) is 13.8 Å². The van der Waals surface area contributed by atoms with Crippen LogP contribution in [0.3, 0.4) is 0 Å². The predicted molar refractivity (Wildman–Crippen MR) is 63.4 cm³/mol. The van der Waals surface area contributed by atoms with E-state index in [9.17, 15) is 14.4 Å². The molecule has 1 aliphatic rings. The van der Waals surface area contributed by atoms with Crippen molar-refractivity contribution in [3.8, 4) is 0 Å². The summed E-state index contributed by atoms with van der Waals surface area (Å²) in [4.78, 5) is 35.0. The summed E-state index contributed by atoms with van der Waals surface area (Å²) in [6.45, 7) is 3.17. The molecule has 7 heteroatoms. The lowest BCUT2D eigenvalue weighted by Gasteiger charge is -2.20. The first kappa shape index (κ1) is 13.8. The number of rotatable bonds is 5. The smallest absolute Gasteiger partial charge is 0.308 e. The molecule has 1 aliphatic heterocycles. The zero-order valence-electron chi connectivity index (χ0n) is 9.80. The van der Waals surface area contributed by atoms with Crippen molar-refractivity contribution in [1.29, 1.82) is 0 Å². The van der Waals surface area contributed by atoms with E-state index in [1.807, 2.05) is 0 Å². The first-order chi connectivity index (χ1) is 7.91. The number of hydrogen-bond acceptors (Lipinski definition) is 4. The molecule has 0 saturated carbocycles. The highest BCUT2D eigenvalue weighted by Gasteiger charge is 2.25. The van der Waals surface area contributed by atoms with Crippen molar-refractivity contribution in [2.45, 2.75) is 19.9 Å². The van der Waals surface area contributed by atoms with E-state index in [-0.39, 0.29) is 18.4 Å². The third-order valence-corrected chi connectivity index (χ3v) is 3.63. The third-order valence-electron chi connectivity index (χ3n) is 2.69. The average molecular weight is 260 g/mol. The van der Waals surface area contributed by atoms with E-state index < -0.39 is 17.9 Å². The largest absolute Gasteiger partial charge is 0.481 e. The summed E-state index contributed by atoms with van der Waals surface area (Å²) in [7, 11) is 0. The lowest BCUT2D eigenvalue weighted by Crippen LogP contribution is -2.45. The molecule has 6 nitrogen and oxygen atoms in total. The SMILES string of the molecule is CC(NC(=O)CN1CSCC1=O)C(C)C(=O)O. The number of nitrogens with one attached hydrogen (secondary N) is 1. The van der Waals surface area contributed by atoms with Crippen LogP contribution < -0.4 is 5.32 Å². The molecule has 96 valence electrons. The Labute approximate surface area is 104 Å². The number of carbonyl (C=O) groups excluding carboxylic acids is 2. The molecule has 2 N–H and O–H groups in total. The van der Waals surface area contributed by atoms with Crippen LogP contribution in [-0.4, -0.2) is 52.0 Å². The lowest BCUT2D eigenvalue weighted by atomic mass is 10.0. The molecule has 0 bridgehead atoms. The Kier molecular flexibility index (Phi) is 4.80. The zero-order chi connectivity index (χ0) is 13.0. The fourth-order valence-corrected chi connectivity index (χ4v) is 2.26. The number of carboxylic acid groups (broad SMARTS) is 1. The minimum Gasteiger partial charge on any atom is -0.481 e. The van der Waals surface area contributed by atoms with Gasteiger partial charge in [-0.15, -0.1) is 11.8 Å². The number of aliphatic carboxylic acids is 1. The number of carbonyl (C=O) groups is 3. The van der Waals surface area contributed by atoms with Gasteiger partial charge < -0.3 is 15.3 Å². The fourth-order valence-electron chi connectivity index (χ4n) is 1.35. The van der Waals surface area contributed by atoms with Crippen LogP contribution in [0.2, 0.25) is 0 Å². The zero-order valence-corrected chi connectivity index (χ0v) is 10.6. The third kappa shape index (κ3) is 3.92. The fraction of sp³-hybridized carbons (Fsp3) is 0.700. The molecule has 0 spiro atoms. The maximum atomic E-state index is 11.6. The highest BCUT2D eigenvalue weighted by atomic mass is 32.2. The van der Waals surface area contributed by atoms with Crippen LogP contribution >= 0.6 is 11.8 Å². The maximum absolute atomic E-state index is 11.6. The second kappa shape index (κ2) is 5.90. The molecule has 0 radical (unpaired) electrons. The van der Waals surface area contributed by atoms with Gasteiger partial charge in [0.05, 0.1) is 17.5 Å². The highest BCUT2D eigenvalue weighted by molar-refractivity contribution is 8.00. The first-order valence-corrected chi connectivity index (χ1v) is 6.45. The number of carboxylic acids is 1. The molecule has 1 rings (SSSR count). The second-order valence-electron chi connectivity index (χ2n) is 4.05. The number of amides is 2. The molecule has 17 heavy (non-hydrogen) atoms. The van der Waals surface area contributed by atoms with Crippen molar-refractivity contribution >= 4 is 29.5 Å². The van der Waals surface area contributed by atoms with Crippen LogP contribution in [0, 0.1) is 5.92 Å². The van der Waals surface area contributed by atoms with E-state index in [0.717, 1.165) is 0 Å². The summed E-state index contributed by atoms with van der Waals surface area (Å²) in [5.74, 6) is -1.04. The van der Waals surface area contributed by atoms with Crippen molar-refractivity contribution in [2.24, 2.45) is 5.92 Å². The van der Waals surface area contributed by atoms with Crippen molar-refractivity contribution in [3.05, 3.63) is 0 Å². The van der Waals surface area contributed by atoms with Crippen LogP contribution in [0.25, 0.3) is 0 Å². The Morgan fingerprint density at radius 3 is 2.65 bits per heavy atom. The first-order valence-electron chi connectivity index (χ1n) is 5.29. The van der Waals surface area contributed by atoms with Gasteiger partial charge in [0.25, 0.3) is 0 Å². The van der Waals surface area contributed by atoms with Crippen LogP contribution in [0.5, 0.6) is 0 Å². The Bertz CT molecular complexity index is 334. The normalized spacial score (nSPS) is 18.9. The molecule has 2 amide bonds. The summed E-state index contributed by atoms with van der Waals surface area (Å²) >= 11 is 1.46. The standard InChI is InChI=1S/C10H16N2O4S/c1-6(10(15)16)7(2)11-8(13)3-12-5-17-4-9(12)14/h6-7H,3-5H2,1-2H3,(H,11,13)(H,15,16). The number of nitrogens with zero attached hydrogens (tertiary/aromatic N) is 1. The Morgan fingerprint density at radius 1 is 1.53 bits per heavy atom. The molecule has 0 aliphatic carbocycles. The minimum absolute atomic E-state index is 0.00249. The van der Waals surface area contributed by atoms with Crippen molar-refractivity contribution < 1.29 is 19.5 Å². The molecular formula is C10H16N2O4S. The van der Waals surface area contributed by atoms with Crippen molar-refractivity contribution in [3.63, 3.8) is 0 Å². The summed E-state index contributed by atoms with van der Waals surface area (Å²) in [6, 6.07) is -0.453. The van der Waals surface area contributed by atoms with Gasteiger partial charge in [-0.25, -0.2) is 0 Å². The van der Waals surface area contributed by atoms with Crippen molar-refractivity contribution in [1.82, 2.24) is 10.2 Å². The molecule has 0 aromatic rings. The van der Waals surface area contributed by atoms with Crippen LogP contribution in [0.15, 0.2) is 0 Å². The molecule has 1 saturated heterocycles. The molecule has 2 unspecified atom stereocenters. The molecule has 0 aromatic heterocycles. The quantitative estimate of drug-likeness (QED) is 0.711. The summed E-state index contributed by atoms with van der Waals surface area (Å²) in [5.41, 5.74) is 0. The highest BCUT2D eigenvalue weighted by Crippen LogP contribution is 2.14. The molecule has 2 atom stereocenters. The summed E-state index contributed by atoms with van der Waals surface area (Å²) in [6.07, 6.45) is 0. The van der Waals surface area contributed by atoms with Gasteiger partial charge in [-0.2, -0.15) is 0 Å². The van der Waals surface area contributed by atoms with Crippen LogP contribution in [0.1, 0.15) is 13.8 Å². The Morgan fingerprint density at radius 2 is 2.18 bits per heavy atom. The number of hydrogen-bond donors (Lipinski definition) is 2. The van der Waals surface area contributed by atoms with E-state index in [2.05, 4.69) is 5.32 Å². The van der Waals surface area contributed by atoms with Crippen LogP contribution in [-0.2, 0) is 14.4 Å². The Balaban J connectivity index is 2.39. The average Bonchev–Trinajstić information content (AvgIpc) is 2.62. The van der Waals surface area contributed by atoms with Gasteiger partial charge in [0.15, 0.2) is 0 Å². The van der Waals surface area contributed by atoms with Gasteiger partial charge in [-0.3, -0.25) is 14.4 Å². The van der Waals surface area contributed by atoms with Gasteiger partial charge in [0.2, 0.25) is 11.8 Å². The topological polar surface area (TPSA) is 86.7 Å². The van der Waals surface area contributed by atoms with Crippen LogP contribution in [0.4, 0.5) is 0 Å². The van der Waals surface area contributed by atoms with Gasteiger partial charge in [0.1, 0.15) is 6.54 Å². The number of thioether (sulfide) groups is 1. The maximum Gasteiger partial charge on any atom is 0.308 e. The predicted octanol–water partition coefficient (Wildman–Crippen LogP) is -0.255.